The van der Waals surface area contributed by atoms with E-state index in [9.17, 15) is 8.42 Å². The Bertz CT molecular complexity index is 307. The standard InChI is InChI=1S/C11H24N2O2S2/c1-2-16-11-6-5-10(9-11)13-17(14,15)8-4-3-7-12/h10-11,13H,2-9,12H2,1H3. The minimum atomic E-state index is -3.09. The number of hydrogen-bond donors (Lipinski definition) is 2. The Labute approximate surface area is 109 Å². The molecule has 0 spiro atoms. The first kappa shape index (κ1) is 15.3. The van der Waals surface area contributed by atoms with E-state index < -0.39 is 10.0 Å². The van der Waals surface area contributed by atoms with Crippen molar-refractivity contribution in [2.45, 2.75) is 50.3 Å². The average molecular weight is 280 g/mol. The van der Waals surface area contributed by atoms with E-state index in [0.29, 0.717) is 18.2 Å². The lowest BCUT2D eigenvalue weighted by Gasteiger charge is -2.13. The van der Waals surface area contributed by atoms with E-state index in [0.717, 1.165) is 31.4 Å². The van der Waals surface area contributed by atoms with E-state index in [1.807, 2.05) is 11.8 Å². The molecule has 0 amide bonds. The summed E-state index contributed by atoms with van der Waals surface area (Å²) in [7, 11) is -3.09. The molecule has 2 unspecified atom stereocenters. The van der Waals surface area contributed by atoms with Gasteiger partial charge < -0.3 is 5.73 Å². The maximum absolute atomic E-state index is 11.8. The Morgan fingerprint density at radius 2 is 2.12 bits per heavy atom. The molecule has 0 saturated heterocycles. The molecule has 17 heavy (non-hydrogen) atoms. The van der Waals surface area contributed by atoms with E-state index in [1.54, 1.807) is 0 Å². The number of rotatable bonds is 8. The van der Waals surface area contributed by atoms with Crippen LogP contribution in [0.4, 0.5) is 0 Å². The molecule has 1 aliphatic carbocycles. The van der Waals surface area contributed by atoms with E-state index in [1.165, 1.54) is 0 Å². The van der Waals surface area contributed by atoms with Crippen LogP contribution in [0.3, 0.4) is 0 Å². The van der Waals surface area contributed by atoms with Crippen molar-refractivity contribution in [3.05, 3.63) is 0 Å². The molecule has 102 valence electrons. The van der Waals surface area contributed by atoms with Gasteiger partial charge in [-0.2, -0.15) is 11.8 Å². The highest BCUT2D eigenvalue weighted by atomic mass is 32.2. The number of sulfonamides is 1. The van der Waals surface area contributed by atoms with Crippen LogP contribution in [0.1, 0.15) is 39.0 Å². The van der Waals surface area contributed by atoms with E-state index in [-0.39, 0.29) is 11.8 Å². The Morgan fingerprint density at radius 3 is 2.76 bits per heavy atom. The van der Waals surface area contributed by atoms with Crippen LogP contribution in [0.25, 0.3) is 0 Å². The molecule has 2 atom stereocenters. The lowest BCUT2D eigenvalue weighted by atomic mass is 10.3. The maximum atomic E-state index is 11.8. The zero-order chi connectivity index (χ0) is 12.7. The van der Waals surface area contributed by atoms with Gasteiger partial charge in [0.2, 0.25) is 10.0 Å². The number of unbranched alkanes of at least 4 members (excludes halogenated alkanes) is 1. The van der Waals surface area contributed by atoms with Gasteiger partial charge >= 0.3 is 0 Å². The summed E-state index contributed by atoms with van der Waals surface area (Å²) in [5, 5.41) is 0.636. The van der Waals surface area contributed by atoms with Crippen LogP contribution in [0.5, 0.6) is 0 Å². The van der Waals surface area contributed by atoms with Gasteiger partial charge in [-0.25, -0.2) is 13.1 Å². The minimum absolute atomic E-state index is 0.155. The number of hydrogen-bond acceptors (Lipinski definition) is 4. The van der Waals surface area contributed by atoms with Gasteiger partial charge in [0.25, 0.3) is 0 Å². The first-order chi connectivity index (χ1) is 8.07. The van der Waals surface area contributed by atoms with Gasteiger partial charge in [-0.1, -0.05) is 6.92 Å². The fraction of sp³-hybridized carbons (Fsp3) is 1.00. The SMILES string of the molecule is CCSC1CCC(NS(=O)(=O)CCCCN)C1. The van der Waals surface area contributed by atoms with Crippen LogP contribution in [0.15, 0.2) is 0 Å². The van der Waals surface area contributed by atoms with E-state index in [4.69, 9.17) is 5.73 Å². The van der Waals surface area contributed by atoms with Crippen LogP contribution in [0.2, 0.25) is 0 Å². The minimum Gasteiger partial charge on any atom is -0.330 e. The molecule has 0 aliphatic heterocycles. The average Bonchev–Trinajstić information content (AvgIpc) is 2.65. The van der Waals surface area contributed by atoms with E-state index in [2.05, 4.69) is 11.6 Å². The summed E-state index contributed by atoms with van der Waals surface area (Å²) in [5.74, 6) is 1.33. The van der Waals surface area contributed by atoms with Crippen molar-refractivity contribution in [2.24, 2.45) is 5.73 Å². The van der Waals surface area contributed by atoms with Crippen molar-refractivity contribution < 1.29 is 8.42 Å². The Hall–Kier alpha value is 0.220. The Kier molecular flexibility index (Phi) is 6.84. The lowest BCUT2D eigenvalue weighted by molar-refractivity contribution is 0.549. The molecule has 0 aromatic heterocycles. The fourth-order valence-electron chi connectivity index (χ4n) is 2.18. The molecule has 1 saturated carbocycles. The van der Waals surface area contributed by atoms with Gasteiger partial charge in [0.05, 0.1) is 5.75 Å². The normalized spacial score (nSPS) is 25.3. The predicted molar refractivity (Wildman–Crippen MR) is 74.8 cm³/mol. The first-order valence-corrected chi connectivity index (χ1v) is 9.09. The van der Waals surface area contributed by atoms with Crippen molar-refractivity contribution in [1.29, 1.82) is 0 Å². The predicted octanol–water partition coefficient (Wildman–Crippen LogP) is 1.32. The summed E-state index contributed by atoms with van der Waals surface area (Å²) in [6.45, 7) is 2.71. The number of thioether (sulfide) groups is 1. The van der Waals surface area contributed by atoms with Crippen LogP contribution in [-0.4, -0.2) is 37.8 Å². The molecule has 6 heteroatoms. The molecular weight excluding hydrogens is 256 g/mol. The molecule has 0 radical (unpaired) electrons. The van der Waals surface area contributed by atoms with Gasteiger partial charge in [-0.3, -0.25) is 0 Å². The summed E-state index contributed by atoms with van der Waals surface area (Å²) in [6.07, 6.45) is 4.53. The third-order valence-corrected chi connectivity index (χ3v) is 5.75. The van der Waals surface area contributed by atoms with Gasteiger partial charge in [0.15, 0.2) is 0 Å². The Morgan fingerprint density at radius 1 is 1.35 bits per heavy atom. The van der Waals surface area contributed by atoms with Gasteiger partial charge in [-0.15, -0.1) is 0 Å². The van der Waals surface area contributed by atoms with Crippen LogP contribution >= 0.6 is 11.8 Å². The number of nitrogens with one attached hydrogen (secondary N) is 1. The van der Waals surface area contributed by atoms with Gasteiger partial charge in [0, 0.05) is 11.3 Å². The summed E-state index contributed by atoms with van der Waals surface area (Å²) >= 11 is 1.94. The zero-order valence-electron chi connectivity index (χ0n) is 10.5. The monoisotopic (exact) mass is 280 g/mol. The molecular formula is C11H24N2O2S2. The second-order valence-electron chi connectivity index (χ2n) is 4.52. The number of nitrogens with two attached hydrogens (primary N) is 1. The molecule has 0 aromatic rings. The van der Waals surface area contributed by atoms with Crippen molar-refractivity contribution in [2.75, 3.05) is 18.1 Å². The third-order valence-electron chi connectivity index (χ3n) is 3.00. The molecule has 0 aromatic carbocycles. The zero-order valence-corrected chi connectivity index (χ0v) is 12.2. The summed E-state index contributed by atoms with van der Waals surface area (Å²) in [6, 6.07) is 0.155. The van der Waals surface area contributed by atoms with Gasteiger partial charge in [0.1, 0.15) is 0 Å². The quantitative estimate of drug-likeness (QED) is 0.658. The topological polar surface area (TPSA) is 72.2 Å². The smallest absolute Gasteiger partial charge is 0.211 e. The highest BCUT2D eigenvalue weighted by Crippen LogP contribution is 2.29. The molecule has 0 heterocycles. The van der Waals surface area contributed by atoms with Gasteiger partial charge in [-0.05, 0) is 44.4 Å². The van der Waals surface area contributed by atoms with Crippen molar-refractivity contribution >= 4 is 21.8 Å². The van der Waals surface area contributed by atoms with Crippen LogP contribution in [0, 0.1) is 0 Å². The van der Waals surface area contributed by atoms with E-state index >= 15 is 0 Å². The molecule has 1 fully saturated rings. The maximum Gasteiger partial charge on any atom is 0.211 e. The molecule has 1 rings (SSSR count). The molecule has 4 nitrogen and oxygen atoms in total. The van der Waals surface area contributed by atoms with Crippen molar-refractivity contribution in [1.82, 2.24) is 4.72 Å². The van der Waals surface area contributed by atoms with Crippen molar-refractivity contribution in [3.8, 4) is 0 Å². The fourth-order valence-corrected chi connectivity index (χ4v) is 4.75. The van der Waals surface area contributed by atoms with Crippen molar-refractivity contribution in [3.63, 3.8) is 0 Å². The molecule has 1 aliphatic rings. The highest BCUT2D eigenvalue weighted by molar-refractivity contribution is 7.99. The second-order valence-corrected chi connectivity index (χ2v) is 7.97. The Balaban J connectivity index is 2.29. The summed E-state index contributed by atoms with van der Waals surface area (Å²) in [5.41, 5.74) is 5.36. The molecule has 0 bridgehead atoms. The van der Waals surface area contributed by atoms with Crippen LogP contribution in [-0.2, 0) is 10.0 Å². The summed E-state index contributed by atoms with van der Waals surface area (Å²) < 4.78 is 26.4. The lowest BCUT2D eigenvalue weighted by Crippen LogP contribution is -2.35. The second kappa shape index (κ2) is 7.61. The van der Waals surface area contributed by atoms with Crippen LogP contribution < -0.4 is 10.5 Å². The third kappa shape index (κ3) is 6.08. The highest BCUT2D eigenvalue weighted by Gasteiger charge is 2.27. The summed E-state index contributed by atoms with van der Waals surface area (Å²) in [4.78, 5) is 0. The molecule has 3 N–H and O–H groups in total. The first-order valence-electron chi connectivity index (χ1n) is 6.39. The largest absolute Gasteiger partial charge is 0.330 e.